The second-order valence-corrected chi connectivity index (χ2v) is 5.14. The van der Waals surface area contributed by atoms with Crippen molar-refractivity contribution in [3.63, 3.8) is 0 Å². The molecule has 0 unspecified atom stereocenters. The van der Waals surface area contributed by atoms with E-state index in [9.17, 15) is 14.4 Å². The van der Waals surface area contributed by atoms with E-state index < -0.39 is 23.9 Å². The Balaban J connectivity index is 2.57. The summed E-state index contributed by atoms with van der Waals surface area (Å²) in [4.78, 5) is 38.3. The largest absolute Gasteiger partial charge is 0.368 e. The van der Waals surface area contributed by atoms with Crippen molar-refractivity contribution in [2.24, 2.45) is 22.9 Å². The summed E-state index contributed by atoms with van der Waals surface area (Å²) in [6, 6.07) is -1.56. The molecule has 1 aromatic heterocycles. The lowest BCUT2D eigenvalue weighted by Gasteiger charge is -2.10. The van der Waals surface area contributed by atoms with E-state index in [1.165, 1.54) is 17.1 Å². The maximum Gasteiger partial charge on any atom is 0.248 e. The fourth-order valence-electron chi connectivity index (χ4n) is 1.87. The van der Waals surface area contributed by atoms with Gasteiger partial charge in [-0.05, 0) is 19.4 Å². The minimum atomic E-state index is -0.904. The standard InChI is InChI=1S/C13H23N7O3/c14-3-1-2-9(15)13(23)20-6-8(19-7-20)4-10(16)12(22)18-5-11(17)21/h6-7,9-10H,1-5,14-16H2,(H2,17,21)(H,18,22)/t9-,10-/m0/s1. The van der Waals surface area contributed by atoms with Gasteiger partial charge in [-0.2, -0.15) is 0 Å². The molecular weight excluding hydrogens is 302 g/mol. The molecule has 0 spiro atoms. The van der Waals surface area contributed by atoms with Crippen molar-refractivity contribution in [2.45, 2.75) is 31.3 Å². The molecule has 1 heterocycles. The molecule has 10 heteroatoms. The van der Waals surface area contributed by atoms with Gasteiger partial charge >= 0.3 is 0 Å². The van der Waals surface area contributed by atoms with Crippen molar-refractivity contribution in [1.29, 1.82) is 0 Å². The van der Waals surface area contributed by atoms with E-state index in [0.717, 1.165) is 0 Å². The lowest BCUT2D eigenvalue weighted by Crippen LogP contribution is -2.45. The quantitative estimate of drug-likeness (QED) is 0.321. The molecule has 0 radical (unpaired) electrons. The first-order chi connectivity index (χ1) is 10.8. The predicted molar refractivity (Wildman–Crippen MR) is 83.0 cm³/mol. The van der Waals surface area contributed by atoms with Gasteiger partial charge in [0.25, 0.3) is 0 Å². The van der Waals surface area contributed by atoms with E-state index in [2.05, 4.69) is 10.3 Å². The first-order valence-electron chi connectivity index (χ1n) is 7.19. The van der Waals surface area contributed by atoms with Gasteiger partial charge in [0.1, 0.15) is 6.33 Å². The molecule has 0 aromatic carbocycles. The highest BCUT2D eigenvalue weighted by atomic mass is 16.2. The molecule has 0 aliphatic carbocycles. The Morgan fingerprint density at radius 3 is 2.57 bits per heavy atom. The molecule has 10 nitrogen and oxygen atoms in total. The first-order valence-corrected chi connectivity index (χ1v) is 7.19. The van der Waals surface area contributed by atoms with Crippen LogP contribution in [0.3, 0.4) is 0 Å². The van der Waals surface area contributed by atoms with Gasteiger partial charge in [0, 0.05) is 12.6 Å². The van der Waals surface area contributed by atoms with Crippen LogP contribution in [0.15, 0.2) is 12.5 Å². The molecule has 2 amide bonds. The molecule has 0 aliphatic heterocycles. The number of hydrogen-bond donors (Lipinski definition) is 5. The van der Waals surface area contributed by atoms with Gasteiger partial charge in [-0.3, -0.25) is 19.0 Å². The number of carbonyl (C=O) groups is 3. The third-order valence-corrected chi connectivity index (χ3v) is 3.13. The summed E-state index contributed by atoms with van der Waals surface area (Å²) in [5, 5.41) is 2.30. The third-order valence-electron chi connectivity index (χ3n) is 3.13. The van der Waals surface area contributed by atoms with Crippen molar-refractivity contribution in [2.75, 3.05) is 13.1 Å². The zero-order valence-corrected chi connectivity index (χ0v) is 12.8. The van der Waals surface area contributed by atoms with Crippen molar-refractivity contribution in [3.8, 4) is 0 Å². The van der Waals surface area contributed by atoms with Crippen LogP contribution in [0, 0.1) is 0 Å². The molecule has 0 saturated heterocycles. The summed E-state index contributed by atoms with van der Waals surface area (Å²) in [6.07, 6.45) is 4.06. The number of primary amides is 1. The van der Waals surface area contributed by atoms with Crippen LogP contribution in [0.4, 0.5) is 0 Å². The van der Waals surface area contributed by atoms with E-state index in [1.54, 1.807) is 0 Å². The number of aromatic nitrogens is 2. The highest BCUT2D eigenvalue weighted by molar-refractivity contribution is 5.87. The van der Waals surface area contributed by atoms with Crippen LogP contribution in [-0.2, 0) is 16.0 Å². The SMILES string of the molecule is NCCC[C@H](N)C(=O)n1cnc(C[C@H](N)C(=O)NCC(N)=O)c1. The molecule has 23 heavy (non-hydrogen) atoms. The van der Waals surface area contributed by atoms with Crippen LogP contribution >= 0.6 is 0 Å². The first kappa shape index (κ1) is 18.7. The molecule has 1 rings (SSSR count). The number of nitrogens with one attached hydrogen (secondary N) is 1. The van der Waals surface area contributed by atoms with Gasteiger partial charge < -0.3 is 28.3 Å². The minimum absolute atomic E-state index is 0.114. The average molecular weight is 325 g/mol. The second-order valence-electron chi connectivity index (χ2n) is 5.14. The maximum atomic E-state index is 12.1. The van der Waals surface area contributed by atoms with Crippen LogP contribution in [0.1, 0.15) is 23.3 Å². The summed E-state index contributed by atoms with van der Waals surface area (Å²) in [6.45, 7) is 0.181. The van der Waals surface area contributed by atoms with Gasteiger partial charge in [0.05, 0.1) is 24.3 Å². The molecule has 0 aliphatic rings. The van der Waals surface area contributed by atoms with Crippen LogP contribution in [0.2, 0.25) is 0 Å². The Labute approximate surface area is 133 Å². The lowest BCUT2D eigenvalue weighted by molar-refractivity contribution is -0.125. The fraction of sp³-hybridized carbons (Fsp3) is 0.538. The summed E-state index contributed by atoms with van der Waals surface area (Å²) in [7, 11) is 0. The zero-order valence-electron chi connectivity index (χ0n) is 12.8. The number of nitrogens with zero attached hydrogens (tertiary/aromatic N) is 2. The van der Waals surface area contributed by atoms with Gasteiger partial charge in [-0.25, -0.2) is 4.98 Å². The van der Waals surface area contributed by atoms with Crippen molar-refractivity contribution < 1.29 is 14.4 Å². The molecule has 0 saturated carbocycles. The van der Waals surface area contributed by atoms with Gasteiger partial charge in [0.15, 0.2) is 0 Å². The molecule has 128 valence electrons. The van der Waals surface area contributed by atoms with Gasteiger partial charge in [0.2, 0.25) is 17.7 Å². The van der Waals surface area contributed by atoms with E-state index in [4.69, 9.17) is 22.9 Å². The van der Waals surface area contributed by atoms with E-state index >= 15 is 0 Å². The van der Waals surface area contributed by atoms with Crippen molar-refractivity contribution >= 4 is 17.7 Å². The zero-order chi connectivity index (χ0) is 17.4. The summed E-state index contributed by atoms with van der Waals surface area (Å²) < 4.78 is 1.27. The lowest BCUT2D eigenvalue weighted by atomic mass is 10.1. The monoisotopic (exact) mass is 325 g/mol. The average Bonchev–Trinajstić information content (AvgIpc) is 2.97. The maximum absolute atomic E-state index is 12.1. The summed E-state index contributed by atoms with van der Waals surface area (Å²) >= 11 is 0. The molecule has 1 aromatic rings. The van der Waals surface area contributed by atoms with Crippen LogP contribution < -0.4 is 28.3 Å². The Bertz CT molecular complexity index is 558. The molecular formula is C13H23N7O3. The molecule has 0 fully saturated rings. The van der Waals surface area contributed by atoms with E-state index in [-0.39, 0.29) is 18.9 Å². The predicted octanol–water partition coefficient (Wildman–Crippen LogP) is -2.94. The highest BCUT2D eigenvalue weighted by Gasteiger charge is 2.19. The summed E-state index contributed by atoms with van der Waals surface area (Å²) in [5.74, 6) is -1.49. The smallest absolute Gasteiger partial charge is 0.248 e. The van der Waals surface area contributed by atoms with E-state index in [1.807, 2.05) is 0 Å². The fourth-order valence-corrected chi connectivity index (χ4v) is 1.87. The number of amides is 2. The number of nitrogens with two attached hydrogens (primary N) is 4. The normalized spacial score (nSPS) is 13.3. The van der Waals surface area contributed by atoms with E-state index in [0.29, 0.717) is 25.1 Å². The van der Waals surface area contributed by atoms with Crippen LogP contribution in [-0.4, -0.2) is 52.4 Å². The number of carbonyl (C=O) groups excluding carboxylic acids is 3. The summed E-state index contributed by atoms with van der Waals surface area (Å²) in [5.41, 5.74) is 22.3. The Hall–Kier alpha value is -2.30. The Kier molecular flexibility index (Phi) is 7.32. The highest BCUT2D eigenvalue weighted by Crippen LogP contribution is 2.03. The molecule has 2 atom stereocenters. The van der Waals surface area contributed by atoms with Crippen molar-refractivity contribution in [3.05, 3.63) is 18.2 Å². The third kappa shape index (κ3) is 6.14. The molecule has 9 N–H and O–H groups in total. The van der Waals surface area contributed by atoms with Crippen LogP contribution in [0.5, 0.6) is 0 Å². The number of imidazole rings is 1. The number of hydrogen-bond acceptors (Lipinski definition) is 7. The van der Waals surface area contributed by atoms with Gasteiger partial charge in [-0.15, -0.1) is 0 Å². The Morgan fingerprint density at radius 2 is 1.96 bits per heavy atom. The minimum Gasteiger partial charge on any atom is -0.368 e. The Morgan fingerprint density at radius 1 is 1.26 bits per heavy atom. The molecule has 0 bridgehead atoms. The number of rotatable bonds is 9. The second kappa shape index (κ2) is 8.98. The van der Waals surface area contributed by atoms with Crippen LogP contribution in [0.25, 0.3) is 0 Å². The van der Waals surface area contributed by atoms with Crippen molar-refractivity contribution in [1.82, 2.24) is 14.9 Å². The topological polar surface area (TPSA) is 185 Å². The van der Waals surface area contributed by atoms with Gasteiger partial charge in [-0.1, -0.05) is 0 Å².